The van der Waals surface area contributed by atoms with E-state index in [4.69, 9.17) is 0 Å². The van der Waals surface area contributed by atoms with Crippen LogP contribution in [0.3, 0.4) is 0 Å². The Balaban J connectivity index is 2.27. The lowest BCUT2D eigenvalue weighted by Crippen LogP contribution is -1.99. The van der Waals surface area contributed by atoms with Gasteiger partial charge in [-0.2, -0.15) is 5.10 Å². The maximum atomic E-state index is 11.3. The van der Waals surface area contributed by atoms with Crippen molar-refractivity contribution in [3.05, 3.63) is 30.0 Å². The Morgan fingerprint density at radius 3 is 2.88 bits per heavy atom. The highest BCUT2D eigenvalue weighted by molar-refractivity contribution is 5.83. The number of hydrogen-bond donors (Lipinski definition) is 0. The lowest BCUT2D eigenvalue weighted by molar-refractivity contribution is -0.118. The third kappa shape index (κ3) is 1.98. The molecule has 0 radical (unpaired) electrons. The summed E-state index contributed by atoms with van der Waals surface area (Å²) in [5.74, 6) is 0.301. The number of Topliss-reactive ketones (excluding diaryl/α,β-unsaturated/α-hetero) is 1. The molecule has 3 heteroatoms. The van der Waals surface area contributed by atoms with E-state index in [0.717, 1.165) is 23.0 Å². The minimum Gasteiger partial charge on any atom is -0.300 e. The van der Waals surface area contributed by atoms with Crippen LogP contribution in [0.4, 0.5) is 0 Å². The Hall–Kier alpha value is -1.64. The highest BCUT2D eigenvalue weighted by Gasteiger charge is 2.08. The number of carbonyl (C=O) groups excluding carboxylic acids is 1. The van der Waals surface area contributed by atoms with E-state index in [9.17, 15) is 4.79 Å². The molecule has 16 heavy (non-hydrogen) atoms. The predicted molar refractivity (Wildman–Crippen MR) is 64.3 cm³/mol. The molecule has 1 aromatic carbocycles. The molecule has 0 fully saturated rings. The Morgan fingerprint density at radius 1 is 1.38 bits per heavy atom. The molecular weight excluding hydrogens is 200 g/mol. The molecule has 84 valence electrons. The summed E-state index contributed by atoms with van der Waals surface area (Å²) in [4.78, 5) is 11.3. The van der Waals surface area contributed by atoms with Gasteiger partial charge in [0.25, 0.3) is 0 Å². The van der Waals surface area contributed by atoms with E-state index >= 15 is 0 Å². The van der Waals surface area contributed by atoms with Crippen LogP contribution in [-0.4, -0.2) is 15.6 Å². The molecule has 0 amide bonds. The third-order valence-corrected chi connectivity index (χ3v) is 2.87. The van der Waals surface area contributed by atoms with Crippen LogP contribution in [0.2, 0.25) is 0 Å². The first-order valence-corrected chi connectivity index (χ1v) is 5.64. The smallest absolute Gasteiger partial charge is 0.133 e. The molecule has 0 aliphatic rings. The van der Waals surface area contributed by atoms with E-state index in [-0.39, 0.29) is 0 Å². The van der Waals surface area contributed by atoms with Crippen molar-refractivity contribution in [1.29, 1.82) is 0 Å². The molecule has 0 aliphatic heterocycles. The van der Waals surface area contributed by atoms with Crippen LogP contribution in [0.15, 0.2) is 24.3 Å². The van der Waals surface area contributed by atoms with E-state index in [1.807, 2.05) is 36.9 Å². The number of rotatable bonds is 4. The molecule has 0 N–H and O–H groups in total. The van der Waals surface area contributed by atoms with E-state index in [1.165, 1.54) is 0 Å². The van der Waals surface area contributed by atoms with Gasteiger partial charge in [0.15, 0.2) is 0 Å². The largest absolute Gasteiger partial charge is 0.300 e. The summed E-state index contributed by atoms with van der Waals surface area (Å²) in [6.07, 6.45) is 1.95. The second kappa shape index (κ2) is 4.47. The number of aryl methyl sites for hydroxylation is 2. The molecule has 2 aromatic rings. The van der Waals surface area contributed by atoms with Crippen molar-refractivity contribution in [2.45, 2.75) is 26.2 Å². The van der Waals surface area contributed by atoms with Crippen LogP contribution in [0.5, 0.6) is 0 Å². The van der Waals surface area contributed by atoms with E-state index < -0.39 is 0 Å². The van der Waals surface area contributed by atoms with Crippen LogP contribution in [0.25, 0.3) is 10.9 Å². The minimum absolute atomic E-state index is 0.301. The lowest BCUT2D eigenvalue weighted by atomic mass is 10.1. The second-order valence-electron chi connectivity index (χ2n) is 3.98. The van der Waals surface area contributed by atoms with Crippen LogP contribution < -0.4 is 0 Å². The minimum atomic E-state index is 0.301. The number of hydrogen-bond acceptors (Lipinski definition) is 2. The first kappa shape index (κ1) is 10.9. The molecular formula is C13H16N2O. The quantitative estimate of drug-likeness (QED) is 0.787. The fourth-order valence-electron chi connectivity index (χ4n) is 1.91. The van der Waals surface area contributed by atoms with Crippen molar-refractivity contribution >= 4 is 16.7 Å². The summed E-state index contributed by atoms with van der Waals surface area (Å²) in [6, 6.07) is 8.13. The van der Waals surface area contributed by atoms with Crippen LogP contribution in [0.1, 0.15) is 25.5 Å². The maximum absolute atomic E-state index is 11.3. The van der Waals surface area contributed by atoms with Crippen molar-refractivity contribution in [1.82, 2.24) is 9.78 Å². The molecule has 0 unspecified atom stereocenters. The van der Waals surface area contributed by atoms with Gasteiger partial charge in [-0.05, 0) is 12.5 Å². The van der Waals surface area contributed by atoms with Crippen molar-refractivity contribution < 1.29 is 4.79 Å². The molecule has 2 rings (SSSR count). The first-order chi connectivity index (χ1) is 7.72. The number of benzene rings is 1. The number of aromatic nitrogens is 2. The molecule has 1 aromatic heterocycles. The summed E-state index contributed by atoms with van der Waals surface area (Å²) in [5.41, 5.74) is 2.15. The number of nitrogens with zero attached hydrogens (tertiary/aromatic N) is 2. The zero-order chi connectivity index (χ0) is 11.5. The number of ketones is 1. The average molecular weight is 216 g/mol. The van der Waals surface area contributed by atoms with Gasteiger partial charge >= 0.3 is 0 Å². The van der Waals surface area contributed by atoms with Gasteiger partial charge in [-0.1, -0.05) is 25.1 Å². The highest BCUT2D eigenvalue weighted by atomic mass is 16.1. The maximum Gasteiger partial charge on any atom is 0.133 e. The van der Waals surface area contributed by atoms with Crippen molar-refractivity contribution in [2.75, 3.05) is 0 Å². The van der Waals surface area contributed by atoms with Gasteiger partial charge in [0.05, 0.1) is 11.2 Å². The van der Waals surface area contributed by atoms with E-state index in [1.54, 1.807) is 0 Å². The highest BCUT2D eigenvalue weighted by Crippen LogP contribution is 2.18. The molecule has 3 nitrogen and oxygen atoms in total. The lowest BCUT2D eigenvalue weighted by Gasteiger charge is -1.95. The van der Waals surface area contributed by atoms with Crippen LogP contribution >= 0.6 is 0 Å². The Morgan fingerprint density at radius 2 is 2.12 bits per heavy atom. The van der Waals surface area contributed by atoms with Gasteiger partial charge in [-0.3, -0.25) is 9.48 Å². The van der Waals surface area contributed by atoms with Gasteiger partial charge in [0.1, 0.15) is 5.78 Å². The summed E-state index contributed by atoms with van der Waals surface area (Å²) in [6.45, 7) is 1.90. The Kier molecular flexibility index (Phi) is 3.04. The zero-order valence-corrected chi connectivity index (χ0v) is 9.73. The Labute approximate surface area is 95.1 Å². The monoisotopic (exact) mass is 216 g/mol. The SMILES string of the molecule is CCC(=O)CCc1nn(C)c2ccccc12. The van der Waals surface area contributed by atoms with Gasteiger partial charge in [-0.15, -0.1) is 0 Å². The number of carbonyl (C=O) groups is 1. The summed E-state index contributed by atoms with van der Waals surface area (Å²) in [5, 5.41) is 5.62. The van der Waals surface area contributed by atoms with E-state index in [2.05, 4.69) is 11.2 Å². The van der Waals surface area contributed by atoms with Gasteiger partial charge < -0.3 is 0 Å². The number of para-hydroxylation sites is 1. The average Bonchev–Trinajstić information content (AvgIpc) is 2.64. The normalized spacial score (nSPS) is 10.9. The van der Waals surface area contributed by atoms with Gasteiger partial charge in [0.2, 0.25) is 0 Å². The van der Waals surface area contributed by atoms with Crippen LogP contribution in [0, 0.1) is 0 Å². The molecule has 0 aliphatic carbocycles. The second-order valence-corrected chi connectivity index (χ2v) is 3.98. The summed E-state index contributed by atoms with van der Waals surface area (Å²) in [7, 11) is 1.94. The fraction of sp³-hybridized carbons (Fsp3) is 0.385. The first-order valence-electron chi connectivity index (χ1n) is 5.64. The Bertz CT molecular complexity index is 514. The fourth-order valence-corrected chi connectivity index (χ4v) is 1.91. The van der Waals surface area contributed by atoms with Gasteiger partial charge in [-0.25, -0.2) is 0 Å². The molecule has 0 saturated carbocycles. The predicted octanol–water partition coefficient (Wildman–Crippen LogP) is 2.49. The molecule has 1 heterocycles. The van der Waals surface area contributed by atoms with Crippen molar-refractivity contribution in [3.8, 4) is 0 Å². The van der Waals surface area contributed by atoms with Crippen LogP contribution in [-0.2, 0) is 18.3 Å². The third-order valence-electron chi connectivity index (χ3n) is 2.87. The molecule has 0 atom stereocenters. The summed E-state index contributed by atoms with van der Waals surface area (Å²) < 4.78 is 1.88. The zero-order valence-electron chi connectivity index (χ0n) is 9.73. The number of fused-ring (bicyclic) bond motifs is 1. The van der Waals surface area contributed by atoms with Crippen molar-refractivity contribution in [2.24, 2.45) is 7.05 Å². The van der Waals surface area contributed by atoms with E-state index in [0.29, 0.717) is 18.6 Å². The molecule has 0 saturated heterocycles. The standard InChI is InChI=1S/C13H16N2O/c1-3-10(16)8-9-12-11-6-4-5-7-13(11)15(2)14-12/h4-7H,3,8-9H2,1-2H3. The molecule has 0 bridgehead atoms. The summed E-state index contributed by atoms with van der Waals surface area (Å²) >= 11 is 0. The topological polar surface area (TPSA) is 34.9 Å². The van der Waals surface area contributed by atoms with Crippen molar-refractivity contribution in [3.63, 3.8) is 0 Å². The molecule has 0 spiro atoms. The van der Waals surface area contributed by atoms with Gasteiger partial charge in [0, 0.05) is 25.3 Å².